The minimum atomic E-state index is -0.674. The quantitative estimate of drug-likeness (QED) is 0.899. The molecule has 0 heterocycles. The van der Waals surface area contributed by atoms with Crippen molar-refractivity contribution in [1.82, 2.24) is 0 Å². The number of hydrogen-bond donors (Lipinski definition) is 1. The second kappa shape index (κ2) is 4.80. The van der Waals surface area contributed by atoms with Gasteiger partial charge in [0.2, 0.25) is 0 Å². The Labute approximate surface area is 110 Å². The predicted octanol–water partition coefficient (Wildman–Crippen LogP) is 3.87. The zero-order valence-corrected chi connectivity index (χ0v) is 11.5. The second-order valence-corrected chi connectivity index (χ2v) is 5.74. The van der Waals surface area contributed by atoms with E-state index < -0.39 is 11.5 Å². The molecule has 2 rings (SSSR count). The van der Waals surface area contributed by atoms with Gasteiger partial charge < -0.3 is 5.11 Å². The third-order valence-electron chi connectivity index (χ3n) is 3.75. The van der Waals surface area contributed by atoms with E-state index in [0.717, 1.165) is 41.3 Å². The number of aliphatic hydroxyl groups is 1. The SMILES string of the molecule is Cc1ccc(C(O)C2(C#N)CCCC2)cc1Br. The summed E-state index contributed by atoms with van der Waals surface area (Å²) in [4.78, 5) is 0. The molecule has 0 aliphatic heterocycles. The van der Waals surface area contributed by atoms with Crippen molar-refractivity contribution in [3.63, 3.8) is 0 Å². The van der Waals surface area contributed by atoms with Gasteiger partial charge in [0.25, 0.3) is 0 Å². The van der Waals surface area contributed by atoms with Crippen molar-refractivity contribution in [2.75, 3.05) is 0 Å². The summed E-state index contributed by atoms with van der Waals surface area (Å²) in [6.45, 7) is 2.01. The van der Waals surface area contributed by atoms with Crippen molar-refractivity contribution < 1.29 is 5.11 Å². The van der Waals surface area contributed by atoms with Crippen LogP contribution in [0.15, 0.2) is 22.7 Å². The van der Waals surface area contributed by atoms with Crippen molar-refractivity contribution >= 4 is 15.9 Å². The van der Waals surface area contributed by atoms with Gasteiger partial charge in [-0.1, -0.05) is 40.9 Å². The summed E-state index contributed by atoms with van der Waals surface area (Å²) in [5.41, 5.74) is 1.40. The molecule has 0 bridgehead atoms. The van der Waals surface area contributed by atoms with Gasteiger partial charge in [-0.05, 0) is 37.0 Å². The van der Waals surface area contributed by atoms with E-state index in [1.165, 1.54) is 0 Å². The number of benzene rings is 1. The lowest BCUT2D eigenvalue weighted by Gasteiger charge is -2.27. The summed E-state index contributed by atoms with van der Waals surface area (Å²) in [6, 6.07) is 8.17. The fourth-order valence-electron chi connectivity index (χ4n) is 2.55. The largest absolute Gasteiger partial charge is 0.387 e. The number of halogens is 1. The summed E-state index contributed by atoms with van der Waals surface area (Å²) >= 11 is 3.47. The first-order valence-electron chi connectivity index (χ1n) is 5.94. The van der Waals surface area contributed by atoms with Gasteiger partial charge in [0.15, 0.2) is 0 Å². The van der Waals surface area contributed by atoms with Crippen LogP contribution >= 0.6 is 15.9 Å². The van der Waals surface area contributed by atoms with Crippen LogP contribution in [0.2, 0.25) is 0 Å². The zero-order valence-electron chi connectivity index (χ0n) is 9.91. The summed E-state index contributed by atoms with van der Waals surface area (Å²) in [5, 5.41) is 19.8. The topological polar surface area (TPSA) is 44.0 Å². The lowest BCUT2D eigenvalue weighted by atomic mass is 9.78. The molecule has 1 aliphatic rings. The van der Waals surface area contributed by atoms with Gasteiger partial charge in [-0.2, -0.15) is 5.26 Å². The highest BCUT2D eigenvalue weighted by molar-refractivity contribution is 9.10. The number of rotatable bonds is 2. The van der Waals surface area contributed by atoms with Gasteiger partial charge in [0.1, 0.15) is 0 Å². The first kappa shape index (κ1) is 12.6. The van der Waals surface area contributed by atoms with E-state index >= 15 is 0 Å². The molecule has 0 amide bonds. The molecule has 0 aromatic heterocycles. The van der Waals surface area contributed by atoms with Crippen LogP contribution in [0.4, 0.5) is 0 Å². The van der Waals surface area contributed by atoms with Gasteiger partial charge >= 0.3 is 0 Å². The Balaban J connectivity index is 2.33. The van der Waals surface area contributed by atoms with Crippen LogP contribution in [0.25, 0.3) is 0 Å². The number of nitriles is 1. The maximum atomic E-state index is 10.4. The van der Waals surface area contributed by atoms with Crippen LogP contribution in [0.1, 0.15) is 42.9 Å². The molecule has 0 saturated heterocycles. The molecule has 17 heavy (non-hydrogen) atoms. The Kier molecular flexibility index (Phi) is 3.56. The molecule has 1 aliphatic carbocycles. The maximum absolute atomic E-state index is 10.4. The van der Waals surface area contributed by atoms with Crippen LogP contribution in [-0.2, 0) is 0 Å². The fraction of sp³-hybridized carbons (Fsp3) is 0.500. The van der Waals surface area contributed by atoms with E-state index in [-0.39, 0.29) is 0 Å². The minimum absolute atomic E-state index is 0.575. The van der Waals surface area contributed by atoms with E-state index in [1.807, 2.05) is 25.1 Å². The summed E-state index contributed by atoms with van der Waals surface area (Å²) in [6.07, 6.45) is 3.01. The molecular weight excluding hydrogens is 278 g/mol. The Morgan fingerprint density at radius 3 is 2.59 bits per heavy atom. The van der Waals surface area contributed by atoms with Crippen LogP contribution < -0.4 is 0 Å². The van der Waals surface area contributed by atoms with E-state index in [2.05, 4.69) is 22.0 Å². The molecular formula is C14H16BrNO. The van der Waals surface area contributed by atoms with E-state index in [9.17, 15) is 10.4 Å². The van der Waals surface area contributed by atoms with Gasteiger partial charge in [-0.3, -0.25) is 0 Å². The van der Waals surface area contributed by atoms with Gasteiger partial charge in [-0.25, -0.2) is 0 Å². The molecule has 2 nitrogen and oxygen atoms in total. The first-order chi connectivity index (χ1) is 8.09. The lowest BCUT2D eigenvalue weighted by molar-refractivity contribution is 0.0670. The Morgan fingerprint density at radius 2 is 2.06 bits per heavy atom. The molecule has 90 valence electrons. The van der Waals surface area contributed by atoms with Crippen molar-refractivity contribution in [2.45, 2.75) is 38.7 Å². The Bertz CT molecular complexity index is 458. The second-order valence-electron chi connectivity index (χ2n) is 4.89. The van der Waals surface area contributed by atoms with E-state index in [0.29, 0.717) is 0 Å². The van der Waals surface area contributed by atoms with Crippen molar-refractivity contribution in [2.24, 2.45) is 5.41 Å². The van der Waals surface area contributed by atoms with Crippen LogP contribution in [0, 0.1) is 23.7 Å². The lowest BCUT2D eigenvalue weighted by Crippen LogP contribution is -2.24. The van der Waals surface area contributed by atoms with E-state index in [1.54, 1.807) is 0 Å². The van der Waals surface area contributed by atoms with Crippen molar-refractivity contribution in [3.05, 3.63) is 33.8 Å². The van der Waals surface area contributed by atoms with Crippen LogP contribution in [0.5, 0.6) is 0 Å². The number of aliphatic hydroxyl groups excluding tert-OH is 1. The summed E-state index contributed by atoms with van der Waals surface area (Å²) < 4.78 is 0.986. The fourth-order valence-corrected chi connectivity index (χ4v) is 2.95. The number of aryl methyl sites for hydroxylation is 1. The summed E-state index contributed by atoms with van der Waals surface area (Å²) in [7, 11) is 0. The van der Waals surface area contributed by atoms with Crippen LogP contribution in [0.3, 0.4) is 0 Å². The van der Waals surface area contributed by atoms with Crippen molar-refractivity contribution in [1.29, 1.82) is 5.26 Å². The third-order valence-corrected chi connectivity index (χ3v) is 4.61. The Morgan fingerprint density at radius 1 is 1.41 bits per heavy atom. The molecule has 1 atom stereocenters. The van der Waals surface area contributed by atoms with Gasteiger partial charge in [0.05, 0.1) is 17.6 Å². The molecule has 1 fully saturated rings. The highest BCUT2D eigenvalue weighted by Crippen LogP contribution is 2.47. The number of nitrogens with zero attached hydrogens (tertiary/aromatic N) is 1. The molecule has 1 unspecified atom stereocenters. The molecule has 1 aromatic rings. The smallest absolute Gasteiger partial charge is 0.0976 e. The maximum Gasteiger partial charge on any atom is 0.0976 e. The molecule has 0 spiro atoms. The Hall–Kier alpha value is -0.850. The molecule has 1 aromatic carbocycles. The molecule has 0 radical (unpaired) electrons. The normalized spacial score (nSPS) is 19.9. The monoisotopic (exact) mass is 293 g/mol. The predicted molar refractivity (Wildman–Crippen MR) is 70.4 cm³/mol. The average Bonchev–Trinajstić information content (AvgIpc) is 2.81. The minimum Gasteiger partial charge on any atom is -0.387 e. The summed E-state index contributed by atoms with van der Waals surface area (Å²) in [5.74, 6) is 0. The van der Waals surface area contributed by atoms with E-state index in [4.69, 9.17) is 0 Å². The average molecular weight is 294 g/mol. The third kappa shape index (κ3) is 2.25. The number of hydrogen-bond acceptors (Lipinski definition) is 2. The van der Waals surface area contributed by atoms with Crippen LogP contribution in [-0.4, -0.2) is 5.11 Å². The van der Waals surface area contributed by atoms with Crippen molar-refractivity contribution in [3.8, 4) is 6.07 Å². The van der Waals surface area contributed by atoms with Gasteiger partial charge in [0, 0.05) is 4.47 Å². The zero-order chi connectivity index (χ0) is 12.5. The molecule has 3 heteroatoms. The molecule has 1 saturated carbocycles. The highest BCUT2D eigenvalue weighted by atomic mass is 79.9. The standard InChI is InChI=1S/C14H16BrNO/c1-10-4-5-11(8-12(10)15)13(17)14(9-16)6-2-3-7-14/h4-5,8,13,17H,2-3,6-7H2,1H3. The molecule has 1 N–H and O–H groups in total. The highest BCUT2D eigenvalue weighted by Gasteiger charge is 2.41. The first-order valence-corrected chi connectivity index (χ1v) is 6.74. The van der Waals surface area contributed by atoms with Gasteiger partial charge in [-0.15, -0.1) is 0 Å².